The Morgan fingerprint density at radius 1 is 1.05 bits per heavy atom. The number of fused-ring (bicyclic) bond motifs is 2. The lowest BCUT2D eigenvalue weighted by atomic mass is 9.87. The van der Waals surface area contributed by atoms with Gasteiger partial charge in [-0.05, 0) is 90.3 Å². The second-order valence-electron chi connectivity index (χ2n) is 10.1. The predicted molar refractivity (Wildman–Crippen MR) is 146 cm³/mol. The topological polar surface area (TPSA) is 61.4 Å². The monoisotopic (exact) mass is 497 g/mol. The van der Waals surface area contributed by atoms with E-state index in [1.807, 2.05) is 12.3 Å². The summed E-state index contributed by atoms with van der Waals surface area (Å²) in [6.07, 6.45) is 6.28. The third-order valence-electron chi connectivity index (χ3n) is 7.65. The Hall–Kier alpha value is -3.64. The maximum atomic E-state index is 12.5. The van der Waals surface area contributed by atoms with Crippen molar-refractivity contribution in [1.29, 1.82) is 0 Å². The highest BCUT2D eigenvalue weighted by Gasteiger charge is 2.25. The van der Waals surface area contributed by atoms with E-state index in [1.54, 1.807) is 6.07 Å². The minimum atomic E-state index is -0.266. The third-order valence-corrected chi connectivity index (χ3v) is 7.65. The molecule has 1 aliphatic heterocycles. The summed E-state index contributed by atoms with van der Waals surface area (Å²) in [6, 6.07) is 20.7. The van der Waals surface area contributed by atoms with Crippen LogP contribution in [0.5, 0.6) is 11.5 Å². The van der Waals surface area contributed by atoms with Gasteiger partial charge in [-0.25, -0.2) is 0 Å². The zero-order chi connectivity index (χ0) is 25.2. The van der Waals surface area contributed by atoms with Gasteiger partial charge >= 0.3 is 0 Å². The van der Waals surface area contributed by atoms with Crippen LogP contribution in [0.15, 0.2) is 66.9 Å². The zero-order valence-corrected chi connectivity index (χ0v) is 20.9. The quantitative estimate of drug-likeness (QED) is 0.311. The number of rotatable bonds is 7. The van der Waals surface area contributed by atoms with Gasteiger partial charge in [-0.3, -0.25) is 14.4 Å². The number of aromatic amines is 1. The highest BCUT2D eigenvalue weighted by Crippen LogP contribution is 2.42. The molecule has 0 unspecified atom stereocenters. The molecule has 6 heteroatoms. The van der Waals surface area contributed by atoms with Crippen LogP contribution in [-0.2, 0) is 6.42 Å². The molecule has 0 radical (unpaired) electrons. The first-order valence-electron chi connectivity index (χ1n) is 13.2. The van der Waals surface area contributed by atoms with Gasteiger partial charge in [0, 0.05) is 30.6 Å². The van der Waals surface area contributed by atoms with Crippen LogP contribution in [0.3, 0.4) is 0 Å². The van der Waals surface area contributed by atoms with Gasteiger partial charge in [0.2, 0.25) is 0 Å². The average Bonchev–Trinajstić information content (AvgIpc) is 3.53. The standard InChI is InChI=1S/C31H32FN3O2/c32-15-3-16-35-17-14-25(20-35)37-24-11-8-21(9-12-24)31-26(22-10-13-29-23(18-22)19-33-34-29)4-1-5-27-28(31)6-2-7-30(27)36/h2,6-13,18-19,25,36H,1,3-5,14-17,20H2,(H,33,34)/t25-/m0/s1. The molecule has 0 amide bonds. The maximum absolute atomic E-state index is 12.5. The molecule has 37 heavy (non-hydrogen) atoms. The van der Waals surface area contributed by atoms with E-state index in [2.05, 4.69) is 63.6 Å². The van der Waals surface area contributed by atoms with E-state index in [0.29, 0.717) is 12.2 Å². The smallest absolute Gasteiger partial charge is 0.119 e. The number of allylic oxidation sites excluding steroid dienone is 1. The number of H-pyrrole nitrogens is 1. The van der Waals surface area contributed by atoms with Gasteiger partial charge in [-0.1, -0.05) is 30.3 Å². The summed E-state index contributed by atoms with van der Waals surface area (Å²) < 4.78 is 18.8. The number of aromatic nitrogens is 2. The number of halogens is 1. The van der Waals surface area contributed by atoms with Gasteiger partial charge in [-0.2, -0.15) is 5.10 Å². The SMILES string of the molecule is Oc1cccc2c1CCCC(c1ccc3[nH]ncc3c1)=C2c1ccc(O[C@H]2CCN(CCCF)C2)cc1. The van der Waals surface area contributed by atoms with E-state index in [0.717, 1.165) is 84.2 Å². The zero-order valence-electron chi connectivity index (χ0n) is 20.9. The van der Waals surface area contributed by atoms with E-state index < -0.39 is 0 Å². The average molecular weight is 498 g/mol. The number of phenolic OH excluding ortho intramolecular Hbond substituents is 1. The van der Waals surface area contributed by atoms with E-state index in [4.69, 9.17) is 4.74 Å². The summed E-state index contributed by atoms with van der Waals surface area (Å²) in [6.45, 7) is 2.34. The number of likely N-dealkylation sites (tertiary alicyclic amines) is 1. The van der Waals surface area contributed by atoms with Crippen molar-refractivity contribution >= 4 is 22.0 Å². The number of nitrogens with zero attached hydrogens (tertiary/aromatic N) is 2. The van der Waals surface area contributed by atoms with Crippen LogP contribution in [-0.4, -0.2) is 52.6 Å². The minimum Gasteiger partial charge on any atom is -0.508 e. The molecule has 6 rings (SSSR count). The summed E-state index contributed by atoms with van der Waals surface area (Å²) in [4.78, 5) is 2.28. The number of hydrogen-bond acceptors (Lipinski definition) is 4. The van der Waals surface area contributed by atoms with Crippen molar-refractivity contribution in [3.05, 3.63) is 89.1 Å². The molecule has 4 aromatic rings. The molecule has 0 saturated carbocycles. The van der Waals surface area contributed by atoms with Gasteiger partial charge in [0.1, 0.15) is 17.6 Å². The molecule has 1 aromatic heterocycles. The van der Waals surface area contributed by atoms with Crippen LogP contribution in [0.25, 0.3) is 22.0 Å². The fourth-order valence-electron chi connectivity index (χ4n) is 5.82. The molecule has 1 fully saturated rings. The fourth-order valence-corrected chi connectivity index (χ4v) is 5.82. The largest absolute Gasteiger partial charge is 0.508 e. The van der Waals surface area contributed by atoms with Crippen LogP contribution in [0.4, 0.5) is 4.39 Å². The first-order valence-corrected chi connectivity index (χ1v) is 13.2. The molecule has 1 aliphatic carbocycles. The fraction of sp³-hybridized carbons (Fsp3) is 0.323. The second kappa shape index (κ2) is 10.4. The summed E-state index contributed by atoms with van der Waals surface area (Å²) in [5.41, 5.74) is 7.86. The second-order valence-corrected chi connectivity index (χ2v) is 10.1. The van der Waals surface area contributed by atoms with Crippen LogP contribution in [0, 0.1) is 0 Å². The molecule has 2 aliphatic rings. The number of aromatic hydroxyl groups is 1. The van der Waals surface area contributed by atoms with Crippen molar-refractivity contribution in [3.8, 4) is 11.5 Å². The van der Waals surface area contributed by atoms with Gasteiger partial charge < -0.3 is 9.84 Å². The molecule has 3 aromatic carbocycles. The highest BCUT2D eigenvalue weighted by molar-refractivity contribution is 6.01. The van der Waals surface area contributed by atoms with Gasteiger partial charge in [-0.15, -0.1) is 0 Å². The molecular formula is C31H32FN3O2. The van der Waals surface area contributed by atoms with Crippen molar-refractivity contribution < 1.29 is 14.2 Å². The van der Waals surface area contributed by atoms with E-state index in [-0.39, 0.29) is 12.8 Å². The molecule has 1 saturated heterocycles. The number of hydrogen-bond donors (Lipinski definition) is 2. The lowest BCUT2D eigenvalue weighted by Gasteiger charge is -2.19. The Labute approximate surface area is 216 Å². The Morgan fingerprint density at radius 3 is 2.78 bits per heavy atom. The number of phenols is 1. The highest BCUT2D eigenvalue weighted by atomic mass is 19.1. The number of alkyl halides is 1. The Balaban J connectivity index is 1.35. The maximum Gasteiger partial charge on any atom is 0.119 e. The lowest BCUT2D eigenvalue weighted by molar-refractivity contribution is 0.198. The summed E-state index contributed by atoms with van der Waals surface area (Å²) >= 11 is 0. The normalized spacial score (nSPS) is 18.2. The van der Waals surface area contributed by atoms with E-state index in [9.17, 15) is 9.50 Å². The first-order chi connectivity index (χ1) is 18.2. The lowest BCUT2D eigenvalue weighted by Crippen LogP contribution is -2.26. The number of nitrogens with one attached hydrogen (secondary N) is 1. The summed E-state index contributed by atoms with van der Waals surface area (Å²) in [7, 11) is 0. The summed E-state index contributed by atoms with van der Waals surface area (Å²) in [5.74, 6) is 1.22. The molecule has 1 atom stereocenters. The van der Waals surface area contributed by atoms with E-state index in [1.165, 1.54) is 11.1 Å². The number of ether oxygens (including phenoxy) is 1. The van der Waals surface area contributed by atoms with Crippen LogP contribution >= 0.6 is 0 Å². The third kappa shape index (κ3) is 4.86. The number of benzene rings is 3. The van der Waals surface area contributed by atoms with Crippen molar-refractivity contribution in [1.82, 2.24) is 15.1 Å². The van der Waals surface area contributed by atoms with Crippen LogP contribution in [0.2, 0.25) is 0 Å². The van der Waals surface area contributed by atoms with Gasteiger partial charge in [0.25, 0.3) is 0 Å². The molecule has 0 bridgehead atoms. The Kier molecular flexibility index (Phi) is 6.66. The Bertz CT molecular complexity index is 1430. The van der Waals surface area contributed by atoms with Crippen LogP contribution < -0.4 is 4.74 Å². The Morgan fingerprint density at radius 2 is 1.92 bits per heavy atom. The first kappa shape index (κ1) is 23.7. The van der Waals surface area contributed by atoms with Gasteiger partial charge in [0.05, 0.1) is 18.4 Å². The molecule has 5 nitrogen and oxygen atoms in total. The van der Waals surface area contributed by atoms with Crippen molar-refractivity contribution in [2.45, 2.75) is 38.2 Å². The molecule has 2 N–H and O–H groups in total. The predicted octanol–water partition coefficient (Wildman–Crippen LogP) is 6.38. The van der Waals surface area contributed by atoms with E-state index >= 15 is 0 Å². The van der Waals surface area contributed by atoms with Crippen molar-refractivity contribution in [2.75, 3.05) is 26.3 Å². The molecule has 2 heterocycles. The van der Waals surface area contributed by atoms with Crippen LogP contribution in [0.1, 0.15) is 47.9 Å². The van der Waals surface area contributed by atoms with Gasteiger partial charge in [0.15, 0.2) is 0 Å². The molecule has 190 valence electrons. The molecule has 0 spiro atoms. The van der Waals surface area contributed by atoms with Crippen molar-refractivity contribution in [3.63, 3.8) is 0 Å². The molecular weight excluding hydrogens is 465 g/mol. The summed E-state index contributed by atoms with van der Waals surface area (Å²) in [5, 5.41) is 19.0. The van der Waals surface area contributed by atoms with Crippen molar-refractivity contribution in [2.24, 2.45) is 0 Å². The minimum absolute atomic E-state index is 0.137.